The van der Waals surface area contributed by atoms with Gasteiger partial charge in [-0.15, -0.1) is 0 Å². The molecule has 0 aliphatic heterocycles. The molecular formula is C20H24O2. The van der Waals surface area contributed by atoms with Crippen LogP contribution >= 0.6 is 0 Å². The number of carbonyl (C=O) groups is 2. The molecule has 2 heteroatoms. The second kappa shape index (κ2) is 3.83. The Balaban J connectivity index is 1.60. The molecule has 3 fully saturated rings. The van der Waals surface area contributed by atoms with E-state index in [9.17, 15) is 9.59 Å². The largest absolute Gasteiger partial charge is 0.299 e. The first-order valence-electron chi connectivity index (χ1n) is 8.93. The van der Waals surface area contributed by atoms with Gasteiger partial charge in [-0.3, -0.25) is 9.59 Å². The van der Waals surface area contributed by atoms with Gasteiger partial charge in [0.05, 0.1) is 0 Å². The highest BCUT2D eigenvalue weighted by Gasteiger charge is 2.69. The molecule has 0 spiro atoms. The van der Waals surface area contributed by atoms with E-state index in [2.05, 4.69) is 26.0 Å². The molecule has 116 valence electrons. The van der Waals surface area contributed by atoms with E-state index < -0.39 is 0 Å². The summed E-state index contributed by atoms with van der Waals surface area (Å²) in [5.74, 6) is 3.65. The summed E-state index contributed by atoms with van der Waals surface area (Å²) < 4.78 is 0. The molecule has 0 aromatic rings. The van der Waals surface area contributed by atoms with Crippen molar-refractivity contribution in [3.8, 4) is 0 Å². The van der Waals surface area contributed by atoms with Crippen molar-refractivity contribution in [1.82, 2.24) is 0 Å². The summed E-state index contributed by atoms with van der Waals surface area (Å²) in [6.45, 7) is 4.62. The van der Waals surface area contributed by atoms with E-state index in [4.69, 9.17) is 0 Å². The van der Waals surface area contributed by atoms with Gasteiger partial charge in [0.2, 0.25) is 0 Å². The highest BCUT2D eigenvalue weighted by atomic mass is 16.1. The van der Waals surface area contributed by atoms with Crippen molar-refractivity contribution in [3.05, 3.63) is 23.8 Å². The fourth-order valence-electron chi connectivity index (χ4n) is 6.66. The number of rotatable bonds is 0. The number of carbonyl (C=O) groups excluding carboxylic acids is 2. The summed E-state index contributed by atoms with van der Waals surface area (Å²) in [7, 11) is 0. The zero-order valence-corrected chi connectivity index (χ0v) is 13.5. The Kier molecular flexibility index (Phi) is 2.31. The molecule has 7 atom stereocenters. The Morgan fingerprint density at radius 3 is 2.77 bits per heavy atom. The maximum Gasteiger partial charge on any atom is 0.156 e. The number of Topliss-reactive ketones (excluding diaryl/α,β-unsaturated/α-hetero) is 1. The highest BCUT2D eigenvalue weighted by molar-refractivity contribution is 5.93. The zero-order chi connectivity index (χ0) is 15.3. The maximum atomic E-state index is 12.7. The third kappa shape index (κ3) is 1.38. The van der Waals surface area contributed by atoms with E-state index in [1.807, 2.05) is 6.08 Å². The lowest BCUT2D eigenvalue weighted by Gasteiger charge is -2.55. The minimum absolute atomic E-state index is 0.0544. The molecule has 0 saturated heterocycles. The molecule has 0 amide bonds. The molecular weight excluding hydrogens is 272 g/mol. The quantitative estimate of drug-likeness (QED) is 0.683. The van der Waals surface area contributed by atoms with Gasteiger partial charge < -0.3 is 0 Å². The summed E-state index contributed by atoms with van der Waals surface area (Å²) in [5.41, 5.74) is 1.36. The third-order valence-corrected chi connectivity index (χ3v) is 7.97. The summed E-state index contributed by atoms with van der Waals surface area (Å²) in [4.78, 5) is 24.5. The number of ketones is 2. The van der Waals surface area contributed by atoms with E-state index in [-0.39, 0.29) is 16.6 Å². The van der Waals surface area contributed by atoms with Crippen molar-refractivity contribution in [2.45, 2.75) is 46.0 Å². The monoisotopic (exact) mass is 296 g/mol. The van der Waals surface area contributed by atoms with Gasteiger partial charge in [-0.2, -0.15) is 0 Å². The summed E-state index contributed by atoms with van der Waals surface area (Å²) in [6.07, 6.45) is 11.5. The second-order valence-electron chi connectivity index (χ2n) is 8.88. The van der Waals surface area contributed by atoms with E-state index in [1.165, 1.54) is 5.57 Å². The van der Waals surface area contributed by atoms with Gasteiger partial charge in [0.1, 0.15) is 5.78 Å². The van der Waals surface area contributed by atoms with Crippen molar-refractivity contribution in [2.75, 3.05) is 0 Å². The van der Waals surface area contributed by atoms with Gasteiger partial charge in [-0.05, 0) is 66.4 Å². The summed E-state index contributed by atoms with van der Waals surface area (Å²) >= 11 is 0. The van der Waals surface area contributed by atoms with Gasteiger partial charge in [0, 0.05) is 17.8 Å². The first-order chi connectivity index (χ1) is 10.4. The maximum absolute atomic E-state index is 12.7. The number of hydrogen-bond acceptors (Lipinski definition) is 2. The molecule has 3 saturated carbocycles. The molecule has 0 aromatic heterocycles. The van der Waals surface area contributed by atoms with Gasteiger partial charge >= 0.3 is 0 Å². The fourth-order valence-corrected chi connectivity index (χ4v) is 6.66. The molecule has 0 bridgehead atoms. The van der Waals surface area contributed by atoms with Crippen LogP contribution in [0.15, 0.2) is 23.8 Å². The Hall–Kier alpha value is -1.18. The lowest BCUT2D eigenvalue weighted by Crippen LogP contribution is -2.50. The van der Waals surface area contributed by atoms with Gasteiger partial charge in [0.15, 0.2) is 5.78 Å². The van der Waals surface area contributed by atoms with Crippen LogP contribution in [-0.2, 0) is 9.59 Å². The molecule has 5 aliphatic carbocycles. The van der Waals surface area contributed by atoms with Crippen LogP contribution in [0.4, 0.5) is 0 Å². The van der Waals surface area contributed by atoms with Gasteiger partial charge in [-0.1, -0.05) is 26.0 Å². The summed E-state index contributed by atoms with van der Waals surface area (Å²) in [6, 6.07) is 0. The van der Waals surface area contributed by atoms with E-state index in [0.29, 0.717) is 41.8 Å². The van der Waals surface area contributed by atoms with Crippen molar-refractivity contribution in [1.29, 1.82) is 0 Å². The Morgan fingerprint density at radius 2 is 1.95 bits per heavy atom. The average molecular weight is 296 g/mol. The SMILES string of the molecule is C[C@]12CCC(=O)C=C1C=CC1C2CC[C@]2(C)C(=O)[C@H]3C[C@H]3C12. The normalized spacial score (nSPS) is 55.0. The second-order valence-corrected chi connectivity index (χ2v) is 8.88. The highest BCUT2D eigenvalue weighted by Crippen LogP contribution is 2.70. The lowest BCUT2D eigenvalue weighted by atomic mass is 9.48. The average Bonchev–Trinajstić information content (AvgIpc) is 3.22. The standard InChI is InChI=1S/C20H24O2/c1-19-7-5-12(21)9-11(19)3-4-13-16(19)6-8-20(2)17(13)14-10-15(14)18(20)22/h3-4,9,13-17H,5-8,10H2,1-2H3/t13?,14-,15+,16?,17?,19+,20+/m1/s1. The van der Waals surface area contributed by atoms with Crippen molar-refractivity contribution >= 4 is 11.6 Å². The Morgan fingerprint density at radius 1 is 1.14 bits per heavy atom. The van der Waals surface area contributed by atoms with Crippen LogP contribution in [-0.4, -0.2) is 11.6 Å². The topological polar surface area (TPSA) is 34.1 Å². The van der Waals surface area contributed by atoms with Crippen LogP contribution in [0.5, 0.6) is 0 Å². The Labute approximate surface area is 132 Å². The first kappa shape index (κ1) is 13.3. The van der Waals surface area contributed by atoms with E-state index in [1.54, 1.807) is 0 Å². The minimum atomic E-state index is -0.0544. The molecule has 5 aliphatic rings. The first-order valence-corrected chi connectivity index (χ1v) is 8.93. The third-order valence-electron chi connectivity index (χ3n) is 7.97. The molecule has 0 N–H and O–H groups in total. The van der Waals surface area contributed by atoms with E-state index >= 15 is 0 Å². The van der Waals surface area contributed by atoms with Crippen LogP contribution < -0.4 is 0 Å². The smallest absolute Gasteiger partial charge is 0.156 e. The summed E-state index contributed by atoms with van der Waals surface area (Å²) in [5, 5.41) is 0. The molecule has 0 radical (unpaired) electrons. The number of allylic oxidation sites excluding steroid dienone is 4. The molecule has 2 nitrogen and oxygen atoms in total. The van der Waals surface area contributed by atoms with Gasteiger partial charge in [-0.25, -0.2) is 0 Å². The predicted molar refractivity (Wildman–Crippen MR) is 84.0 cm³/mol. The van der Waals surface area contributed by atoms with Crippen LogP contribution in [0.1, 0.15) is 46.0 Å². The molecule has 3 unspecified atom stereocenters. The van der Waals surface area contributed by atoms with E-state index in [0.717, 1.165) is 25.7 Å². The fraction of sp³-hybridized carbons (Fsp3) is 0.700. The van der Waals surface area contributed by atoms with Crippen LogP contribution in [0.2, 0.25) is 0 Å². The van der Waals surface area contributed by atoms with Crippen molar-refractivity contribution < 1.29 is 9.59 Å². The Bertz CT molecular complexity index is 657. The van der Waals surface area contributed by atoms with Crippen LogP contribution in [0, 0.1) is 40.4 Å². The van der Waals surface area contributed by atoms with Crippen LogP contribution in [0.25, 0.3) is 0 Å². The minimum Gasteiger partial charge on any atom is -0.299 e. The zero-order valence-electron chi connectivity index (χ0n) is 13.5. The van der Waals surface area contributed by atoms with Crippen LogP contribution in [0.3, 0.4) is 0 Å². The molecule has 5 rings (SSSR count). The van der Waals surface area contributed by atoms with Crippen molar-refractivity contribution in [3.63, 3.8) is 0 Å². The predicted octanol–water partition coefficient (Wildman–Crippen LogP) is 3.72. The van der Waals surface area contributed by atoms with Gasteiger partial charge in [0.25, 0.3) is 0 Å². The van der Waals surface area contributed by atoms with Crippen molar-refractivity contribution in [2.24, 2.45) is 40.4 Å². The number of fused-ring (bicyclic) bond motifs is 7. The molecule has 0 heterocycles. The number of hydrogen-bond donors (Lipinski definition) is 0. The molecule has 0 aromatic carbocycles. The molecule has 22 heavy (non-hydrogen) atoms. The lowest BCUT2D eigenvalue weighted by molar-refractivity contribution is -0.133.